The van der Waals surface area contributed by atoms with Crippen molar-refractivity contribution in [2.75, 3.05) is 19.6 Å². The van der Waals surface area contributed by atoms with Crippen molar-refractivity contribution in [2.24, 2.45) is 0 Å². The Labute approximate surface area is 143 Å². The van der Waals surface area contributed by atoms with Crippen LogP contribution in [0.15, 0.2) is 5.38 Å². The molecule has 1 fully saturated rings. The Bertz CT molecular complexity index is 510. The molecule has 23 heavy (non-hydrogen) atoms. The molecule has 1 unspecified atom stereocenters. The van der Waals surface area contributed by atoms with Gasteiger partial charge in [0, 0.05) is 43.2 Å². The topological polar surface area (TPSA) is 54.5 Å². The van der Waals surface area contributed by atoms with Crippen LogP contribution in [0.1, 0.15) is 50.7 Å². The molecule has 5 nitrogen and oxygen atoms in total. The smallest absolute Gasteiger partial charge is 0.410 e. The summed E-state index contributed by atoms with van der Waals surface area (Å²) in [6, 6.07) is 0.233. The van der Waals surface area contributed by atoms with Gasteiger partial charge in [-0.1, -0.05) is 0 Å². The monoisotopic (exact) mass is 339 g/mol. The van der Waals surface area contributed by atoms with Crippen LogP contribution in [-0.2, 0) is 11.2 Å². The van der Waals surface area contributed by atoms with Crippen LogP contribution in [0.3, 0.4) is 0 Å². The zero-order chi connectivity index (χ0) is 16.9. The number of hydrogen-bond donors (Lipinski definition) is 1. The molecular formula is C17H29N3O2S. The van der Waals surface area contributed by atoms with Gasteiger partial charge in [-0.3, -0.25) is 0 Å². The summed E-state index contributed by atoms with van der Waals surface area (Å²) in [7, 11) is 0. The molecule has 1 atom stereocenters. The van der Waals surface area contributed by atoms with Gasteiger partial charge in [0.15, 0.2) is 0 Å². The molecule has 1 N–H and O–H groups in total. The molecule has 0 radical (unpaired) electrons. The SMILES string of the molecule is Cc1csc(CCNCC2CCCCN2C(=O)OC(C)(C)C)n1. The van der Waals surface area contributed by atoms with E-state index in [1.165, 1.54) is 11.4 Å². The maximum Gasteiger partial charge on any atom is 0.410 e. The summed E-state index contributed by atoms with van der Waals surface area (Å²) in [6.45, 7) is 10.3. The molecule has 0 saturated carbocycles. The molecule has 2 rings (SSSR count). The van der Waals surface area contributed by atoms with Gasteiger partial charge in [-0.15, -0.1) is 11.3 Å². The number of nitrogens with one attached hydrogen (secondary N) is 1. The number of carbonyl (C=O) groups is 1. The normalized spacial score (nSPS) is 19.0. The Morgan fingerprint density at radius 2 is 2.26 bits per heavy atom. The first kappa shape index (κ1) is 18.2. The van der Waals surface area contributed by atoms with Gasteiger partial charge in [0.1, 0.15) is 5.60 Å². The van der Waals surface area contributed by atoms with Crippen molar-refractivity contribution in [1.82, 2.24) is 15.2 Å². The first-order chi connectivity index (χ1) is 10.8. The largest absolute Gasteiger partial charge is 0.444 e. The van der Waals surface area contributed by atoms with E-state index in [1.54, 1.807) is 11.3 Å². The number of nitrogens with zero attached hydrogens (tertiary/aromatic N) is 2. The fourth-order valence-corrected chi connectivity index (χ4v) is 3.53. The van der Waals surface area contributed by atoms with Crippen LogP contribution in [0, 0.1) is 6.92 Å². The molecule has 1 amide bonds. The van der Waals surface area contributed by atoms with Crippen LogP contribution in [0.25, 0.3) is 0 Å². The lowest BCUT2D eigenvalue weighted by molar-refractivity contribution is 0.00999. The molecule has 130 valence electrons. The second kappa shape index (κ2) is 8.11. The first-order valence-electron chi connectivity index (χ1n) is 8.46. The molecule has 0 aromatic carbocycles. The number of carbonyl (C=O) groups excluding carboxylic acids is 1. The van der Waals surface area contributed by atoms with E-state index in [1.807, 2.05) is 32.6 Å². The van der Waals surface area contributed by atoms with E-state index in [0.717, 1.165) is 44.6 Å². The zero-order valence-corrected chi connectivity index (χ0v) is 15.5. The van der Waals surface area contributed by atoms with Crippen molar-refractivity contribution in [3.8, 4) is 0 Å². The lowest BCUT2D eigenvalue weighted by Gasteiger charge is -2.36. The fourth-order valence-electron chi connectivity index (χ4n) is 2.76. The number of piperidine rings is 1. The highest BCUT2D eigenvalue weighted by Gasteiger charge is 2.30. The molecule has 0 bridgehead atoms. The van der Waals surface area contributed by atoms with Gasteiger partial charge in [0.05, 0.1) is 5.01 Å². The molecule has 1 aliphatic heterocycles. The van der Waals surface area contributed by atoms with Crippen molar-refractivity contribution in [1.29, 1.82) is 0 Å². The number of aromatic nitrogens is 1. The second-order valence-corrected chi connectivity index (χ2v) is 8.10. The third-order valence-corrected chi connectivity index (χ3v) is 4.84. The Hall–Kier alpha value is -1.14. The first-order valence-corrected chi connectivity index (χ1v) is 9.34. The van der Waals surface area contributed by atoms with Gasteiger partial charge in [-0.2, -0.15) is 0 Å². The number of amides is 1. The summed E-state index contributed by atoms with van der Waals surface area (Å²) in [6.07, 6.45) is 4.05. The molecule has 0 aliphatic carbocycles. The van der Waals surface area contributed by atoms with E-state index in [4.69, 9.17) is 4.74 Å². The summed E-state index contributed by atoms with van der Waals surface area (Å²) in [4.78, 5) is 18.7. The highest BCUT2D eigenvalue weighted by Crippen LogP contribution is 2.20. The van der Waals surface area contributed by atoms with E-state index < -0.39 is 5.60 Å². The highest BCUT2D eigenvalue weighted by atomic mass is 32.1. The van der Waals surface area contributed by atoms with Crippen LogP contribution in [0.5, 0.6) is 0 Å². The Kier molecular flexibility index (Phi) is 6.41. The van der Waals surface area contributed by atoms with E-state index in [2.05, 4.69) is 15.7 Å². The fraction of sp³-hybridized carbons (Fsp3) is 0.765. The average Bonchev–Trinajstić information content (AvgIpc) is 2.88. The Morgan fingerprint density at radius 1 is 1.48 bits per heavy atom. The maximum atomic E-state index is 12.3. The van der Waals surface area contributed by atoms with Gasteiger partial charge in [0.2, 0.25) is 0 Å². The van der Waals surface area contributed by atoms with Gasteiger partial charge < -0.3 is 15.0 Å². The van der Waals surface area contributed by atoms with E-state index in [0.29, 0.717) is 0 Å². The third kappa shape index (κ3) is 6.11. The van der Waals surface area contributed by atoms with E-state index in [9.17, 15) is 4.79 Å². The summed E-state index contributed by atoms with van der Waals surface area (Å²) in [5.74, 6) is 0. The molecule has 0 spiro atoms. The minimum absolute atomic E-state index is 0.181. The molecule has 1 aromatic rings. The lowest BCUT2D eigenvalue weighted by Crippen LogP contribution is -2.50. The van der Waals surface area contributed by atoms with Crippen molar-refractivity contribution >= 4 is 17.4 Å². The summed E-state index contributed by atoms with van der Waals surface area (Å²) in [5.41, 5.74) is 0.656. The van der Waals surface area contributed by atoms with Crippen LogP contribution in [0.4, 0.5) is 4.79 Å². The van der Waals surface area contributed by atoms with Gasteiger partial charge >= 0.3 is 6.09 Å². The minimum Gasteiger partial charge on any atom is -0.444 e. The molecule has 1 aromatic heterocycles. The number of thiazole rings is 1. The predicted molar refractivity (Wildman–Crippen MR) is 94.0 cm³/mol. The summed E-state index contributed by atoms with van der Waals surface area (Å²) >= 11 is 1.71. The minimum atomic E-state index is -0.435. The maximum absolute atomic E-state index is 12.3. The number of aryl methyl sites for hydroxylation is 1. The number of hydrogen-bond acceptors (Lipinski definition) is 5. The third-order valence-electron chi connectivity index (χ3n) is 3.82. The average molecular weight is 340 g/mol. The van der Waals surface area contributed by atoms with Crippen molar-refractivity contribution in [2.45, 2.75) is 65.0 Å². The quantitative estimate of drug-likeness (QED) is 0.836. The molecule has 2 heterocycles. The van der Waals surface area contributed by atoms with Crippen molar-refractivity contribution < 1.29 is 9.53 Å². The second-order valence-electron chi connectivity index (χ2n) is 7.16. The Morgan fingerprint density at radius 3 is 2.91 bits per heavy atom. The predicted octanol–water partition coefficient (Wildman–Crippen LogP) is 3.37. The van der Waals surface area contributed by atoms with Gasteiger partial charge in [0.25, 0.3) is 0 Å². The lowest BCUT2D eigenvalue weighted by atomic mass is 10.0. The molecular weight excluding hydrogens is 310 g/mol. The van der Waals surface area contributed by atoms with Crippen molar-refractivity contribution in [3.63, 3.8) is 0 Å². The van der Waals surface area contributed by atoms with Crippen LogP contribution < -0.4 is 5.32 Å². The van der Waals surface area contributed by atoms with Gasteiger partial charge in [-0.05, 0) is 47.0 Å². The van der Waals surface area contributed by atoms with E-state index in [-0.39, 0.29) is 12.1 Å². The van der Waals surface area contributed by atoms with Crippen LogP contribution in [-0.4, -0.2) is 47.3 Å². The van der Waals surface area contributed by atoms with Gasteiger partial charge in [-0.25, -0.2) is 9.78 Å². The Balaban J connectivity index is 1.78. The number of rotatable bonds is 5. The highest BCUT2D eigenvalue weighted by molar-refractivity contribution is 7.09. The molecule has 6 heteroatoms. The summed E-state index contributed by atoms with van der Waals surface area (Å²) in [5, 5.41) is 6.73. The molecule has 1 aliphatic rings. The summed E-state index contributed by atoms with van der Waals surface area (Å²) < 4.78 is 5.54. The number of ether oxygens (including phenoxy) is 1. The molecule has 1 saturated heterocycles. The number of likely N-dealkylation sites (tertiary alicyclic amines) is 1. The van der Waals surface area contributed by atoms with E-state index >= 15 is 0 Å². The standard InChI is InChI=1S/C17H29N3O2S/c1-13-12-23-15(19-13)8-9-18-11-14-7-5-6-10-20(14)16(21)22-17(2,3)4/h12,14,18H,5-11H2,1-4H3. The zero-order valence-electron chi connectivity index (χ0n) is 14.7. The van der Waals surface area contributed by atoms with Crippen LogP contribution in [0.2, 0.25) is 0 Å². The van der Waals surface area contributed by atoms with Crippen LogP contribution >= 0.6 is 11.3 Å². The van der Waals surface area contributed by atoms with Crippen molar-refractivity contribution in [3.05, 3.63) is 16.1 Å².